The van der Waals surface area contributed by atoms with E-state index in [1.807, 2.05) is 19.1 Å². The molecule has 0 fully saturated rings. The number of anilines is 1. The molecule has 8 heteroatoms. The van der Waals surface area contributed by atoms with Crippen LogP contribution in [0.15, 0.2) is 86.9 Å². The molecule has 1 aliphatic heterocycles. The second kappa shape index (κ2) is 8.14. The molecule has 5 rings (SSSR count). The number of rotatable bonds is 4. The number of carbonyl (C=O) groups excluding carboxylic acids is 1. The van der Waals surface area contributed by atoms with Gasteiger partial charge in [-0.25, -0.2) is 18.0 Å². The van der Waals surface area contributed by atoms with Crippen molar-refractivity contribution < 1.29 is 22.4 Å². The number of nitrogens with zero attached hydrogens (tertiary/aromatic N) is 1. The number of hydrogen-bond donors (Lipinski definition) is 0. The molecule has 0 aliphatic carbocycles. The molecule has 1 aromatic heterocycles. The van der Waals surface area contributed by atoms with Gasteiger partial charge in [-0.3, -0.25) is 4.31 Å². The summed E-state index contributed by atoms with van der Waals surface area (Å²) in [4.78, 5) is 24.5. The minimum atomic E-state index is -3.89. The van der Waals surface area contributed by atoms with E-state index in [0.29, 0.717) is 17.7 Å². The van der Waals surface area contributed by atoms with E-state index in [9.17, 15) is 18.0 Å². The third kappa shape index (κ3) is 3.76. The number of ether oxygens (including phenoxy) is 1. The summed E-state index contributed by atoms with van der Waals surface area (Å²) in [6.07, 6.45) is 0.620. The molecule has 0 radical (unpaired) electrons. The summed E-state index contributed by atoms with van der Waals surface area (Å²) in [6, 6.07) is 19.1. The van der Waals surface area contributed by atoms with E-state index in [2.05, 4.69) is 0 Å². The molecule has 0 spiro atoms. The van der Waals surface area contributed by atoms with Gasteiger partial charge in [-0.2, -0.15) is 0 Å². The number of esters is 1. The SMILES string of the molecule is Cc1cc(=O)oc2cc(OC(=O)c3cccc(S(=O)(=O)N4c5ccccc5CC4C)c3)ccc12. The number of fused-ring (bicyclic) bond motifs is 2. The number of benzene rings is 3. The van der Waals surface area contributed by atoms with Gasteiger partial charge in [0, 0.05) is 23.6 Å². The first-order valence-corrected chi connectivity index (χ1v) is 12.2. The van der Waals surface area contributed by atoms with E-state index in [4.69, 9.17) is 9.15 Å². The number of carbonyl (C=O) groups is 1. The number of para-hydroxylation sites is 1. The lowest BCUT2D eigenvalue weighted by molar-refractivity contribution is 0.0734. The molecule has 1 unspecified atom stereocenters. The van der Waals surface area contributed by atoms with Crippen LogP contribution in [0.1, 0.15) is 28.4 Å². The van der Waals surface area contributed by atoms with Gasteiger partial charge in [0.2, 0.25) is 0 Å². The summed E-state index contributed by atoms with van der Waals surface area (Å²) in [5.74, 6) is -0.539. The van der Waals surface area contributed by atoms with Crippen molar-refractivity contribution in [3.63, 3.8) is 0 Å². The van der Waals surface area contributed by atoms with Gasteiger partial charge in [0.25, 0.3) is 10.0 Å². The zero-order chi connectivity index (χ0) is 24.0. The van der Waals surface area contributed by atoms with Crippen molar-refractivity contribution >= 4 is 32.6 Å². The quantitative estimate of drug-likeness (QED) is 0.246. The fourth-order valence-corrected chi connectivity index (χ4v) is 6.07. The summed E-state index contributed by atoms with van der Waals surface area (Å²) in [6.45, 7) is 3.64. The third-order valence-electron chi connectivity index (χ3n) is 5.90. The van der Waals surface area contributed by atoms with Gasteiger partial charge >= 0.3 is 11.6 Å². The standard InChI is InChI=1S/C26H21NO6S/c1-16-12-25(28)33-24-15-20(10-11-22(16)24)32-26(29)19-7-5-8-21(14-19)34(30,31)27-17(2)13-18-6-3-4-9-23(18)27/h3-12,14-15,17H,13H2,1-2H3. The Morgan fingerprint density at radius 1 is 1.03 bits per heavy atom. The fourth-order valence-electron chi connectivity index (χ4n) is 4.34. The average Bonchev–Trinajstić information content (AvgIpc) is 3.15. The molecule has 4 aromatic rings. The zero-order valence-electron chi connectivity index (χ0n) is 18.5. The molecular formula is C26H21NO6S. The molecule has 0 amide bonds. The zero-order valence-corrected chi connectivity index (χ0v) is 19.3. The molecule has 0 saturated carbocycles. The van der Waals surface area contributed by atoms with Crippen molar-refractivity contribution in [3.05, 3.63) is 99.9 Å². The van der Waals surface area contributed by atoms with Crippen LogP contribution in [-0.2, 0) is 16.4 Å². The Morgan fingerprint density at radius 3 is 2.65 bits per heavy atom. The van der Waals surface area contributed by atoms with Gasteiger partial charge in [-0.1, -0.05) is 24.3 Å². The summed E-state index contributed by atoms with van der Waals surface area (Å²) >= 11 is 0. The lowest BCUT2D eigenvalue weighted by Crippen LogP contribution is -2.35. The van der Waals surface area contributed by atoms with Crippen LogP contribution in [0.25, 0.3) is 11.0 Å². The van der Waals surface area contributed by atoms with E-state index in [1.165, 1.54) is 40.7 Å². The van der Waals surface area contributed by atoms with E-state index < -0.39 is 21.6 Å². The predicted molar refractivity (Wildman–Crippen MR) is 128 cm³/mol. The maximum absolute atomic E-state index is 13.5. The molecule has 172 valence electrons. The lowest BCUT2D eigenvalue weighted by atomic mass is 10.1. The van der Waals surface area contributed by atoms with Gasteiger partial charge in [-0.05, 0) is 67.8 Å². The first-order chi connectivity index (χ1) is 16.2. The van der Waals surface area contributed by atoms with Crippen LogP contribution in [0, 0.1) is 6.92 Å². The van der Waals surface area contributed by atoms with Crippen molar-refractivity contribution in [2.45, 2.75) is 31.2 Å². The second-order valence-electron chi connectivity index (χ2n) is 8.31. The fraction of sp³-hybridized carbons (Fsp3) is 0.154. The summed E-state index contributed by atoms with van der Waals surface area (Å²) in [5.41, 5.74) is 2.26. The molecule has 0 saturated heterocycles. The van der Waals surface area contributed by atoms with E-state index in [-0.39, 0.29) is 22.3 Å². The number of hydrogen-bond acceptors (Lipinski definition) is 6. The van der Waals surface area contributed by atoms with Crippen molar-refractivity contribution in [1.82, 2.24) is 0 Å². The second-order valence-corrected chi connectivity index (χ2v) is 10.1. The molecule has 2 heterocycles. The predicted octanol–water partition coefficient (Wildman–Crippen LogP) is 4.46. The summed E-state index contributed by atoms with van der Waals surface area (Å²) in [5, 5.41) is 0.729. The Balaban J connectivity index is 1.45. The molecule has 1 atom stereocenters. The Bertz CT molecular complexity index is 1610. The highest BCUT2D eigenvalue weighted by atomic mass is 32.2. The van der Waals surface area contributed by atoms with Gasteiger partial charge in [0.1, 0.15) is 11.3 Å². The Kier molecular flexibility index (Phi) is 5.25. The lowest BCUT2D eigenvalue weighted by Gasteiger charge is -2.24. The van der Waals surface area contributed by atoms with Gasteiger partial charge in [0.15, 0.2) is 0 Å². The molecule has 3 aromatic carbocycles. The largest absolute Gasteiger partial charge is 0.423 e. The van der Waals surface area contributed by atoms with Gasteiger partial charge < -0.3 is 9.15 Å². The van der Waals surface area contributed by atoms with Crippen LogP contribution in [-0.4, -0.2) is 20.4 Å². The monoisotopic (exact) mass is 475 g/mol. The highest BCUT2D eigenvalue weighted by molar-refractivity contribution is 7.92. The average molecular weight is 476 g/mol. The molecule has 34 heavy (non-hydrogen) atoms. The normalized spacial score (nSPS) is 15.4. The first kappa shape index (κ1) is 21.9. The van der Waals surface area contributed by atoms with Crippen LogP contribution in [0.4, 0.5) is 5.69 Å². The van der Waals surface area contributed by atoms with Gasteiger partial charge in [0.05, 0.1) is 16.1 Å². The highest BCUT2D eigenvalue weighted by Crippen LogP contribution is 2.36. The third-order valence-corrected chi connectivity index (χ3v) is 7.83. The van der Waals surface area contributed by atoms with Crippen molar-refractivity contribution in [1.29, 1.82) is 0 Å². The van der Waals surface area contributed by atoms with Crippen LogP contribution >= 0.6 is 0 Å². The smallest absolute Gasteiger partial charge is 0.343 e. The molecule has 0 bridgehead atoms. The minimum absolute atomic E-state index is 0.00522. The molecular weight excluding hydrogens is 454 g/mol. The topological polar surface area (TPSA) is 93.9 Å². The minimum Gasteiger partial charge on any atom is -0.423 e. The Morgan fingerprint density at radius 2 is 1.82 bits per heavy atom. The number of sulfonamides is 1. The van der Waals surface area contributed by atoms with Crippen LogP contribution in [0.5, 0.6) is 5.75 Å². The van der Waals surface area contributed by atoms with E-state index in [0.717, 1.165) is 16.5 Å². The number of aryl methyl sites for hydroxylation is 1. The summed E-state index contributed by atoms with van der Waals surface area (Å²) < 4.78 is 39.0. The van der Waals surface area contributed by atoms with E-state index in [1.54, 1.807) is 31.2 Å². The van der Waals surface area contributed by atoms with Crippen LogP contribution in [0.3, 0.4) is 0 Å². The maximum atomic E-state index is 13.5. The Labute approximate surface area is 196 Å². The highest BCUT2D eigenvalue weighted by Gasteiger charge is 2.36. The molecule has 1 aliphatic rings. The van der Waals surface area contributed by atoms with Crippen molar-refractivity contribution in [3.8, 4) is 5.75 Å². The van der Waals surface area contributed by atoms with Crippen molar-refractivity contribution in [2.24, 2.45) is 0 Å². The van der Waals surface area contributed by atoms with Gasteiger partial charge in [-0.15, -0.1) is 0 Å². The summed E-state index contributed by atoms with van der Waals surface area (Å²) in [7, 11) is -3.89. The maximum Gasteiger partial charge on any atom is 0.343 e. The van der Waals surface area contributed by atoms with Crippen LogP contribution < -0.4 is 14.7 Å². The molecule has 7 nitrogen and oxygen atoms in total. The van der Waals surface area contributed by atoms with Crippen molar-refractivity contribution in [2.75, 3.05) is 4.31 Å². The first-order valence-electron chi connectivity index (χ1n) is 10.7. The Hall–Kier alpha value is -3.91. The van der Waals surface area contributed by atoms with E-state index >= 15 is 0 Å². The van der Waals surface area contributed by atoms with Crippen LogP contribution in [0.2, 0.25) is 0 Å². The molecule has 0 N–H and O–H groups in total.